The van der Waals surface area contributed by atoms with Crippen molar-refractivity contribution >= 4 is 0 Å². The third kappa shape index (κ3) is 15.3. The maximum atomic E-state index is 9.51. The van der Waals surface area contributed by atoms with E-state index in [1.807, 2.05) is 13.8 Å². The standard InChI is InChI=1S/C16H30O6/c1-3-7-19-11-15(17)13-21-9-5-6-10-22-14-16(18)12-20-8-4-2/h3-4,7-8,15-18H,5-6,9-14H2,1-2H3. The van der Waals surface area contributed by atoms with Crippen molar-refractivity contribution in [2.75, 3.05) is 39.6 Å². The summed E-state index contributed by atoms with van der Waals surface area (Å²) in [4.78, 5) is 0. The van der Waals surface area contributed by atoms with Crippen molar-refractivity contribution in [3.05, 3.63) is 24.7 Å². The van der Waals surface area contributed by atoms with Gasteiger partial charge in [0.15, 0.2) is 0 Å². The van der Waals surface area contributed by atoms with Crippen LogP contribution < -0.4 is 0 Å². The lowest BCUT2D eigenvalue weighted by Crippen LogP contribution is -2.21. The van der Waals surface area contributed by atoms with Crippen molar-refractivity contribution in [1.82, 2.24) is 0 Å². The van der Waals surface area contributed by atoms with E-state index in [2.05, 4.69) is 0 Å². The number of unbranched alkanes of at least 4 members (excludes halogenated alkanes) is 1. The average Bonchev–Trinajstić information content (AvgIpc) is 2.50. The molecule has 0 rings (SSSR count). The molecule has 0 aliphatic carbocycles. The van der Waals surface area contributed by atoms with Gasteiger partial charge in [0.1, 0.15) is 25.4 Å². The smallest absolute Gasteiger partial charge is 0.115 e. The van der Waals surface area contributed by atoms with Gasteiger partial charge < -0.3 is 29.2 Å². The molecule has 0 aromatic heterocycles. The van der Waals surface area contributed by atoms with Gasteiger partial charge in [-0.05, 0) is 26.7 Å². The molecule has 0 aromatic rings. The number of aliphatic hydroxyl groups excluding tert-OH is 2. The molecule has 2 N–H and O–H groups in total. The number of aliphatic hydroxyl groups is 2. The highest BCUT2D eigenvalue weighted by atomic mass is 16.5. The Hall–Kier alpha value is -1.08. The average molecular weight is 318 g/mol. The quantitative estimate of drug-likeness (QED) is 0.353. The lowest BCUT2D eigenvalue weighted by atomic mass is 10.3. The number of rotatable bonds is 15. The van der Waals surface area contributed by atoms with Crippen molar-refractivity contribution in [2.24, 2.45) is 0 Å². The summed E-state index contributed by atoms with van der Waals surface area (Å²) in [5.41, 5.74) is 0. The number of allylic oxidation sites excluding steroid dienone is 2. The molecule has 6 nitrogen and oxygen atoms in total. The van der Waals surface area contributed by atoms with Crippen LogP contribution in [0.15, 0.2) is 24.7 Å². The summed E-state index contributed by atoms with van der Waals surface area (Å²) in [6.07, 6.45) is 7.06. The minimum absolute atomic E-state index is 0.237. The highest BCUT2D eigenvalue weighted by molar-refractivity contribution is 4.67. The summed E-state index contributed by atoms with van der Waals surface area (Å²) in [6, 6.07) is 0. The Morgan fingerprint density at radius 1 is 0.727 bits per heavy atom. The number of ether oxygens (including phenoxy) is 4. The predicted molar refractivity (Wildman–Crippen MR) is 84.4 cm³/mol. The van der Waals surface area contributed by atoms with E-state index in [1.54, 1.807) is 24.7 Å². The Kier molecular flexibility index (Phi) is 15.5. The van der Waals surface area contributed by atoms with Gasteiger partial charge in [-0.15, -0.1) is 0 Å². The molecule has 2 unspecified atom stereocenters. The van der Waals surface area contributed by atoms with Crippen LogP contribution in [0.1, 0.15) is 26.7 Å². The zero-order valence-corrected chi connectivity index (χ0v) is 13.6. The molecular weight excluding hydrogens is 288 g/mol. The molecule has 0 amide bonds. The molecule has 6 heteroatoms. The molecule has 0 spiro atoms. The Bertz CT molecular complexity index is 252. The molecule has 130 valence electrons. The van der Waals surface area contributed by atoms with Gasteiger partial charge in [-0.1, -0.05) is 12.2 Å². The summed E-state index contributed by atoms with van der Waals surface area (Å²) >= 11 is 0. The van der Waals surface area contributed by atoms with Crippen molar-refractivity contribution in [1.29, 1.82) is 0 Å². The molecule has 0 radical (unpaired) electrons. The van der Waals surface area contributed by atoms with Gasteiger partial charge in [-0.3, -0.25) is 0 Å². The minimum atomic E-state index is -0.611. The van der Waals surface area contributed by atoms with Crippen LogP contribution in [0.4, 0.5) is 0 Å². The first-order valence-corrected chi connectivity index (χ1v) is 7.67. The number of hydrogen-bond donors (Lipinski definition) is 2. The lowest BCUT2D eigenvalue weighted by Gasteiger charge is -2.12. The minimum Gasteiger partial charge on any atom is -0.499 e. The van der Waals surface area contributed by atoms with E-state index in [0.29, 0.717) is 13.2 Å². The van der Waals surface area contributed by atoms with E-state index in [0.717, 1.165) is 12.8 Å². The Morgan fingerprint density at radius 2 is 1.14 bits per heavy atom. The van der Waals surface area contributed by atoms with Crippen molar-refractivity contribution in [2.45, 2.75) is 38.9 Å². The van der Waals surface area contributed by atoms with Gasteiger partial charge in [-0.25, -0.2) is 0 Å². The van der Waals surface area contributed by atoms with Crippen molar-refractivity contribution in [3.63, 3.8) is 0 Å². The van der Waals surface area contributed by atoms with Crippen molar-refractivity contribution in [3.8, 4) is 0 Å². The van der Waals surface area contributed by atoms with Crippen LogP contribution in [0.2, 0.25) is 0 Å². The fraction of sp³-hybridized carbons (Fsp3) is 0.750. The van der Waals surface area contributed by atoms with Gasteiger partial charge in [0.05, 0.1) is 25.7 Å². The van der Waals surface area contributed by atoms with E-state index >= 15 is 0 Å². The van der Waals surface area contributed by atoms with Gasteiger partial charge in [0.25, 0.3) is 0 Å². The maximum Gasteiger partial charge on any atom is 0.115 e. The molecule has 0 aromatic carbocycles. The maximum absolute atomic E-state index is 9.51. The van der Waals surface area contributed by atoms with Crippen LogP contribution in [-0.2, 0) is 18.9 Å². The molecule has 0 aliphatic rings. The molecule has 0 heterocycles. The fourth-order valence-corrected chi connectivity index (χ4v) is 1.47. The summed E-state index contributed by atoms with van der Waals surface area (Å²) in [5.74, 6) is 0. The summed E-state index contributed by atoms with van der Waals surface area (Å²) in [6.45, 7) is 5.83. The van der Waals surface area contributed by atoms with Gasteiger partial charge in [-0.2, -0.15) is 0 Å². The Labute approximate surface area is 133 Å². The molecule has 0 aliphatic heterocycles. The van der Waals surface area contributed by atoms with Crippen LogP contribution in [0, 0.1) is 0 Å². The second kappa shape index (κ2) is 16.3. The van der Waals surface area contributed by atoms with Crippen LogP contribution in [0.3, 0.4) is 0 Å². The van der Waals surface area contributed by atoms with E-state index in [4.69, 9.17) is 18.9 Å². The molecule has 0 saturated heterocycles. The molecular formula is C16H30O6. The van der Waals surface area contributed by atoms with Crippen LogP contribution in [-0.4, -0.2) is 62.1 Å². The molecule has 0 bridgehead atoms. The van der Waals surface area contributed by atoms with Gasteiger partial charge >= 0.3 is 0 Å². The van der Waals surface area contributed by atoms with Crippen LogP contribution in [0.5, 0.6) is 0 Å². The predicted octanol–water partition coefficient (Wildman–Crippen LogP) is 1.62. The Morgan fingerprint density at radius 3 is 1.50 bits per heavy atom. The highest BCUT2D eigenvalue weighted by Gasteiger charge is 2.05. The normalized spacial score (nSPS) is 14.5. The largest absolute Gasteiger partial charge is 0.499 e. The molecule has 0 fully saturated rings. The second-order valence-electron chi connectivity index (χ2n) is 4.77. The number of hydrogen-bond acceptors (Lipinski definition) is 6. The topological polar surface area (TPSA) is 77.4 Å². The second-order valence-corrected chi connectivity index (χ2v) is 4.77. The Balaban J connectivity index is 3.26. The van der Waals surface area contributed by atoms with Gasteiger partial charge in [0.2, 0.25) is 0 Å². The lowest BCUT2D eigenvalue weighted by molar-refractivity contribution is -0.00811. The van der Waals surface area contributed by atoms with E-state index in [9.17, 15) is 10.2 Å². The summed E-state index contributed by atoms with van der Waals surface area (Å²) in [7, 11) is 0. The monoisotopic (exact) mass is 318 g/mol. The van der Waals surface area contributed by atoms with E-state index in [-0.39, 0.29) is 26.4 Å². The van der Waals surface area contributed by atoms with Gasteiger partial charge in [0, 0.05) is 13.2 Å². The third-order valence-electron chi connectivity index (χ3n) is 2.49. The zero-order chi connectivity index (χ0) is 16.5. The first kappa shape index (κ1) is 20.9. The first-order chi connectivity index (χ1) is 10.7. The van der Waals surface area contributed by atoms with E-state index < -0.39 is 12.2 Å². The third-order valence-corrected chi connectivity index (χ3v) is 2.49. The summed E-state index contributed by atoms with van der Waals surface area (Å²) < 4.78 is 20.8. The fourth-order valence-electron chi connectivity index (χ4n) is 1.47. The first-order valence-electron chi connectivity index (χ1n) is 7.67. The van der Waals surface area contributed by atoms with E-state index in [1.165, 1.54) is 0 Å². The van der Waals surface area contributed by atoms with Crippen LogP contribution in [0.25, 0.3) is 0 Å². The molecule has 0 saturated carbocycles. The van der Waals surface area contributed by atoms with Crippen molar-refractivity contribution < 1.29 is 29.2 Å². The molecule has 22 heavy (non-hydrogen) atoms. The highest BCUT2D eigenvalue weighted by Crippen LogP contribution is 1.96. The molecule has 2 atom stereocenters. The van der Waals surface area contributed by atoms with Crippen LogP contribution >= 0.6 is 0 Å². The summed E-state index contributed by atoms with van der Waals surface area (Å²) in [5, 5.41) is 19.0. The zero-order valence-electron chi connectivity index (χ0n) is 13.6. The SMILES string of the molecule is CC=COCC(O)COCCCCOCC(O)COC=CC.